The molecular formula is C18H13BrN4O7S. The molecule has 0 radical (unpaired) electrons. The van der Waals surface area contributed by atoms with Gasteiger partial charge in [0.1, 0.15) is 6.54 Å². The second-order valence-electron chi connectivity index (χ2n) is 6.06. The summed E-state index contributed by atoms with van der Waals surface area (Å²) in [4.78, 5) is 49.4. The molecule has 0 aliphatic rings. The maximum absolute atomic E-state index is 12.7. The number of carbonyl (C=O) groups excluding carboxylic acids is 2. The quantitative estimate of drug-likeness (QED) is 0.280. The van der Waals surface area contributed by atoms with E-state index in [1.54, 1.807) is 25.1 Å². The predicted molar refractivity (Wildman–Crippen MR) is 114 cm³/mol. The summed E-state index contributed by atoms with van der Waals surface area (Å²) in [7, 11) is 0. The molecule has 0 saturated carbocycles. The van der Waals surface area contributed by atoms with Crippen molar-refractivity contribution < 1.29 is 24.2 Å². The molecule has 0 spiro atoms. The van der Waals surface area contributed by atoms with Crippen molar-refractivity contribution in [3.8, 4) is 0 Å². The third-order valence-corrected chi connectivity index (χ3v) is 5.54. The first kappa shape index (κ1) is 22.2. The SMILES string of the molecule is CCOC(=O)Cn1c(=NC(=O)c2cc([N+](=O)[O-])cc([N+](=O)[O-])c2)sc2cc(Br)ccc21. The van der Waals surface area contributed by atoms with Crippen LogP contribution in [-0.4, -0.2) is 32.9 Å². The normalized spacial score (nSPS) is 11.5. The topological polar surface area (TPSA) is 147 Å². The molecule has 3 aromatic rings. The van der Waals surface area contributed by atoms with Gasteiger partial charge < -0.3 is 9.30 Å². The van der Waals surface area contributed by atoms with E-state index in [2.05, 4.69) is 20.9 Å². The second-order valence-corrected chi connectivity index (χ2v) is 7.98. The van der Waals surface area contributed by atoms with Crippen LogP contribution in [0.15, 0.2) is 45.9 Å². The van der Waals surface area contributed by atoms with Gasteiger partial charge in [-0.25, -0.2) is 0 Å². The number of nitro groups is 2. The van der Waals surface area contributed by atoms with Gasteiger partial charge in [-0.2, -0.15) is 4.99 Å². The van der Waals surface area contributed by atoms with Gasteiger partial charge in [0.25, 0.3) is 17.3 Å². The molecule has 160 valence electrons. The van der Waals surface area contributed by atoms with Gasteiger partial charge in [0.2, 0.25) is 0 Å². The van der Waals surface area contributed by atoms with Crippen molar-refractivity contribution >= 4 is 60.7 Å². The zero-order chi connectivity index (χ0) is 22.7. The number of hydrogen-bond donors (Lipinski definition) is 0. The van der Waals surface area contributed by atoms with Crippen LogP contribution in [-0.2, 0) is 16.1 Å². The molecule has 1 aromatic heterocycles. The number of hydrogen-bond acceptors (Lipinski definition) is 8. The van der Waals surface area contributed by atoms with E-state index in [9.17, 15) is 29.8 Å². The van der Waals surface area contributed by atoms with Crippen LogP contribution in [0.2, 0.25) is 0 Å². The number of esters is 1. The van der Waals surface area contributed by atoms with Gasteiger partial charge in [0, 0.05) is 16.6 Å². The number of halogens is 1. The van der Waals surface area contributed by atoms with Crippen LogP contribution in [0.5, 0.6) is 0 Å². The Kier molecular flexibility index (Phi) is 6.56. The fourth-order valence-electron chi connectivity index (χ4n) is 2.70. The van der Waals surface area contributed by atoms with Gasteiger partial charge in [-0.15, -0.1) is 0 Å². The number of nitro benzene ring substituents is 2. The summed E-state index contributed by atoms with van der Waals surface area (Å²) in [6.45, 7) is 1.63. The summed E-state index contributed by atoms with van der Waals surface area (Å²) < 4.78 is 7.95. The van der Waals surface area contributed by atoms with Crippen molar-refractivity contribution in [2.24, 2.45) is 4.99 Å². The van der Waals surface area contributed by atoms with Crippen molar-refractivity contribution in [3.63, 3.8) is 0 Å². The van der Waals surface area contributed by atoms with E-state index in [0.717, 1.165) is 38.7 Å². The Labute approximate surface area is 186 Å². The molecule has 0 aliphatic heterocycles. The van der Waals surface area contributed by atoms with Crippen molar-refractivity contribution in [2.75, 3.05) is 6.61 Å². The molecule has 0 saturated heterocycles. The highest BCUT2D eigenvalue weighted by Gasteiger charge is 2.20. The van der Waals surface area contributed by atoms with Crippen molar-refractivity contribution in [1.82, 2.24) is 4.57 Å². The Bertz CT molecular complexity index is 1270. The molecule has 1 amide bonds. The van der Waals surface area contributed by atoms with Crippen LogP contribution in [0.25, 0.3) is 10.2 Å². The predicted octanol–water partition coefficient (Wildman–Crippen LogP) is 3.59. The van der Waals surface area contributed by atoms with Crippen LogP contribution in [0, 0.1) is 20.2 Å². The molecule has 0 aliphatic carbocycles. The number of benzene rings is 2. The number of non-ortho nitro benzene ring substituents is 2. The maximum atomic E-state index is 12.7. The van der Waals surface area contributed by atoms with Crippen LogP contribution in [0.4, 0.5) is 11.4 Å². The molecule has 11 nitrogen and oxygen atoms in total. The Morgan fingerprint density at radius 3 is 2.35 bits per heavy atom. The lowest BCUT2D eigenvalue weighted by Crippen LogP contribution is -2.23. The highest BCUT2D eigenvalue weighted by molar-refractivity contribution is 9.10. The lowest BCUT2D eigenvalue weighted by atomic mass is 10.1. The van der Waals surface area contributed by atoms with E-state index in [-0.39, 0.29) is 23.5 Å². The average Bonchev–Trinajstić information content (AvgIpc) is 3.03. The number of thiazole rings is 1. The van der Waals surface area contributed by atoms with Gasteiger partial charge in [0.05, 0.1) is 38.3 Å². The van der Waals surface area contributed by atoms with Gasteiger partial charge in [-0.05, 0) is 25.1 Å². The lowest BCUT2D eigenvalue weighted by Gasteiger charge is -2.05. The number of nitrogens with zero attached hydrogens (tertiary/aromatic N) is 4. The Morgan fingerprint density at radius 2 is 1.77 bits per heavy atom. The molecule has 0 unspecified atom stereocenters. The number of fused-ring (bicyclic) bond motifs is 1. The van der Waals surface area contributed by atoms with Gasteiger partial charge in [-0.1, -0.05) is 27.3 Å². The maximum Gasteiger partial charge on any atom is 0.326 e. The summed E-state index contributed by atoms with van der Waals surface area (Å²) in [6.07, 6.45) is 0. The van der Waals surface area contributed by atoms with Gasteiger partial charge in [0.15, 0.2) is 4.80 Å². The first-order chi connectivity index (χ1) is 14.7. The first-order valence-electron chi connectivity index (χ1n) is 8.67. The minimum absolute atomic E-state index is 0.139. The number of aromatic nitrogens is 1. The highest BCUT2D eigenvalue weighted by Crippen LogP contribution is 2.24. The third-order valence-electron chi connectivity index (χ3n) is 4.01. The largest absolute Gasteiger partial charge is 0.465 e. The molecule has 1 heterocycles. The summed E-state index contributed by atoms with van der Waals surface area (Å²) >= 11 is 4.47. The molecular weight excluding hydrogens is 496 g/mol. The standard InChI is InChI=1S/C18H13BrN4O7S/c1-2-30-16(24)9-21-14-4-3-11(19)7-15(14)31-18(21)20-17(25)10-5-12(22(26)27)8-13(6-10)23(28)29/h3-8H,2,9H2,1H3. The Morgan fingerprint density at radius 1 is 1.13 bits per heavy atom. The van der Waals surface area contributed by atoms with Crippen LogP contribution >= 0.6 is 27.3 Å². The number of ether oxygens (including phenoxy) is 1. The number of rotatable bonds is 6. The van der Waals surface area contributed by atoms with E-state index in [1.807, 2.05) is 0 Å². The summed E-state index contributed by atoms with van der Waals surface area (Å²) in [5.74, 6) is -1.46. The minimum Gasteiger partial charge on any atom is -0.465 e. The fourth-order valence-corrected chi connectivity index (χ4v) is 4.28. The van der Waals surface area contributed by atoms with E-state index in [4.69, 9.17) is 4.74 Å². The monoisotopic (exact) mass is 508 g/mol. The molecule has 0 fully saturated rings. The van der Waals surface area contributed by atoms with Crippen molar-refractivity contribution in [2.45, 2.75) is 13.5 Å². The molecule has 31 heavy (non-hydrogen) atoms. The smallest absolute Gasteiger partial charge is 0.326 e. The van der Waals surface area contributed by atoms with Gasteiger partial charge >= 0.3 is 5.97 Å². The van der Waals surface area contributed by atoms with Crippen LogP contribution in [0.1, 0.15) is 17.3 Å². The molecule has 2 aromatic carbocycles. The summed E-state index contributed by atoms with van der Waals surface area (Å²) in [6, 6.07) is 7.86. The van der Waals surface area contributed by atoms with Crippen LogP contribution in [0.3, 0.4) is 0 Å². The zero-order valence-electron chi connectivity index (χ0n) is 15.8. The average molecular weight is 509 g/mol. The molecule has 0 bridgehead atoms. The minimum atomic E-state index is -0.921. The van der Waals surface area contributed by atoms with E-state index >= 15 is 0 Å². The molecule has 13 heteroatoms. The lowest BCUT2D eigenvalue weighted by molar-refractivity contribution is -0.394. The van der Waals surface area contributed by atoms with E-state index in [1.165, 1.54) is 4.57 Å². The van der Waals surface area contributed by atoms with Crippen molar-refractivity contribution in [1.29, 1.82) is 0 Å². The van der Waals surface area contributed by atoms with E-state index < -0.39 is 33.1 Å². The summed E-state index contributed by atoms with van der Waals surface area (Å²) in [5.41, 5.74) is -0.903. The molecule has 0 N–H and O–H groups in total. The first-order valence-corrected chi connectivity index (χ1v) is 10.3. The van der Waals surface area contributed by atoms with E-state index in [0.29, 0.717) is 5.52 Å². The Hall–Kier alpha value is -3.45. The van der Waals surface area contributed by atoms with Crippen molar-refractivity contribution in [3.05, 3.63) is 71.5 Å². The molecule has 3 rings (SSSR count). The molecule has 0 atom stereocenters. The highest BCUT2D eigenvalue weighted by atomic mass is 79.9. The summed E-state index contributed by atoms with van der Waals surface area (Å²) in [5, 5.41) is 22.2. The zero-order valence-corrected chi connectivity index (χ0v) is 18.2. The van der Waals surface area contributed by atoms with Gasteiger partial charge in [-0.3, -0.25) is 29.8 Å². The van der Waals surface area contributed by atoms with Crippen LogP contribution < -0.4 is 4.80 Å². The number of carbonyl (C=O) groups is 2. The third kappa shape index (κ3) is 5.00. The Balaban J connectivity index is 2.15. The fraction of sp³-hybridized carbons (Fsp3) is 0.167. The number of amides is 1. The second kappa shape index (κ2) is 9.14.